The molecule has 0 unspecified atom stereocenters. The van der Waals surface area contributed by atoms with Gasteiger partial charge in [-0.15, -0.1) is 0 Å². The summed E-state index contributed by atoms with van der Waals surface area (Å²) in [6.07, 6.45) is 5.52. The molecule has 2 aliphatic heterocycles. The van der Waals surface area contributed by atoms with E-state index >= 15 is 0 Å². The largest absolute Gasteiger partial charge is 0.375 e. The van der Waals surface area contributed by atoms with Crippen molar-refractivity contribution < 1.29 is 4.74 Å². The van der Waals surface area contributed by atoms with Crippen LogP contribution in [0, 0.1) is 0 Å². The van der Waals surface area contributed by atoms with E-state index in [-0.39, 0.29) is 17.7 Å². The lowest BCUT2D eigenvalue weighted by molar-refractivity contribution is 0.0529. The Hall–Kier alpha value is -2.05. The van der Waals surface area contributed by atoms with Crippen molar-refractivity contribution in [3.8, 4) is 0 Å². The molecular formula is C22H29ClN4O2. The highest BCUT2D eigenvalue weighted by Crippen LogP contribution is 2.27. The van der Waals surface area contributed by atoms with Gasteiger partial charge in [-0.3, -0.25) is 9.78 Å². The number of benzene rings is 1. The number of nitrogens with one attached hydrogen (secondary N) is 1. The molecule has 2 fully saturated rings. The third kappa shape index (κ3) is 4.93. The quantitative estimate of drug-likeness (QED) is 0.824. The number of aromatic nitrogens is 2. The zero-order chi connectivity index (χ0) is 20.2. The third-order valence-electron chi connectivity index (χ3n) is 5.84. The first-order valence-electron chi connectivity index (χ1n) is 10.6. The van der Waals surface area contributed by atoms with Crippen LogP contribution in [0.3, 0.4) is 0 Å². The van der Waals surface area contributed by atoms with Gasteiger partial charge in [-0.25, -0.2) is 0 Å². The molecule has 2 aromatic rings. The summed E-state index contributed by atoms with van der Waals surface area (Å²) in [5.74, 6) is 1.41. The molecule has 1 aromatic carbocycles. The monoisotopic (exact) mass is 416 g/mol. The van der Waals surface area contributed by atoms with E-state index in [2.05, 4.69) is 27.8 Å². The number of ether oxygens (including phenoxy) is 1. The van der Waals surface area contributed by atoms with E-state index in [0.29, 0.717) is 12.6 Å². The van der Waals surface area contributed by atoms with Crippen molar-refractivity contribution in [2.45, 2.75) is 51.2 Å². The first-order valence-corrected chi connectivity index (χ1v) is 11.0. The summed E-state index contributed by atoms with van der Waals surface area (Å²) in [5, 5.41) is 0.800. The highest BCUT2D eigenvalue weighted by Gasteiger charge is 2.26. The molecule has 4 rings (SSSR count). The molecule has 6 nitrogen and oxygen atoms in total. The summed E-state index contributed by atoms with van der Waals surface area (Å²) in [5.41, 5.74) is 1.04. The molecule has 1 N–H and O–H groups in total. The van der Waals surface area contributed by atoms with Gasteiger partial charge in [0.1, 0.15) is 5.82 Å². The van der Waals surface area contributed by atoms with Crippen molar-refractivity contribution in [3.63, 3.8) is 0 Å². The van der Waals surface area contributed by atoms with Crippen LogP contribution in [0.15, 0.2) is 35.1 Å². The number of hydrogen-bond donors (Lipinski definition) is 1. The van der Waals surface area contributed by atoms with E-state index in [4.69, 9.17) is 21.3 Å². The van der Waals surface area contributed by atoms with Crippen molar-refractivity contribution in [2.75, 3.05) is 36.0 Å². The molecule has 0 bridgehead atoms. The summed E-state index contributed by atoms with van der Waals surface area (Å²) >= 11 is 6.43. The molecule has 2 aliphatic rings. The van der Waals surface area contributed by atoms with Gasteiger partial charge in [0.25, 0.3) is 5.56 Å². The molecule has 7 heteroatoms. The standard InChI is InChI=1S/C22H29ClN4O2/c1-16-15-26(11-12-29-16)20-14-21(28)25-22(24-20)27-10-6-2-3-8-18(27)13-17-7-4-5-9-19(17)23/h4-5,7,9,14,16,18H,2-3,6,8,10-13,15H2,1H3,(H,24,25,28)/t16-,18+/m1/s1. The van der Waals surface area contributed by atoms with E-state index in [1.165, 1.54) is 12.8 Å². The molecule has 29 heavy (non-hydrogen) atoms. The topological polar surface area (TPSA) is 61.5 Å². The lowest BCUT2D eigenvalue weighted by Crippen LogP contribution is -2.43. The van der Waals surface area contributed by atoms with Crippen molar-refractivity contribution in [3.05, 3.63) is 51.3 Å². The maximum atomic E-state index is 12.5. The number of hydrogen-bond acceptors (Lipinski definition) is 5. The lowest BCUT2D eigenvalue weighted by Gasteiger charge is -2.34. The van der Waals surface area contributed by atoms with Crippen LogP contribution in [0.25, 0.3) is 0 Å². The Kier molecular flexibility index (Phi) is 6.40. The zero-order valence-corrected chi connectivity index (χ0v) is 17.7. The summed E-state index contributed by atoms with van der Waals surface area (Å²) in [7, 11) is 0. The average molecular weight is 417 g/mol. The van der Waals surface area contributed by atoms with E-state index in [1.807, 2.05) is 18.2 Å². The minimum absolute atomic E-state index is 0.107. The fraction of sp³-hybridized carbons (Fsp3) is 0.545. The molecule has 2 saturated heterocycles. The molecule has 0 spiro atoms. The number of anilines is 2. The van der Waals surface area contributed by atoms with Gasteiger partial charge in [0.2, 0.25) is 5.95 Å². The Labute approximate surface area is 176 Å². The minimum atomic E-state index is -0.107. The van der Waals surface area contributed by atoms with Crippen LogP contribution in [0.1, 0.15) is 38.2 Å². The third-order valence-corrected chi connectivity index (χ3v) is 6.21. The summed E-state index contributed by atoms with van der Waals surface area (Å²) < 4.78 is 5.64. The van der Waals surface area contributed by atoms with Crippen LogP contribution in [0.2, 0.25) is 5.02 Å². The molecular weight excluding hydrogens is 388 g/mol. The van der Waals surface area contributed by atoms with Crippen LogP contribution >= 0.6 is 11.6 Å². The van der Waals surface area contributed by atoms with Crippen LogP contribution in [-0.4, -0.2) is 48.4 Å². The van der Waals surface area contributed by atoms with Crippen molar-refractivity contribution in [1.82, 2.24) is 9.97 Å². The zero-order valence-electron chi connectivity index (χ0n) is 16.9. The fourth-order valence-corrected chi connectivity index (χ4v) is 4.56. The highest BCUT2D eigenvalue weighted by atomic mass is 35.5. The van der Waals surface area contributed by atoms with Crippen LogP contribution in [0.5, 0.6) is 0 Å². The first kappa shape index (κ1) is 20.2. The normalized spacial score (nSPS) is 23.1. The highest BCUT2D eigenvalue weighted by molar-refractivity contribution is 6.31. The van der Waals surface area contributed by atoms with Gasteiger partial charge in [-0.05, 0) is 37.8 Å². The minimum Gasteiger partial charge on any atom is -0.375 e. The SMILES string of the molecule is C[C@@H]1CN(c2cc(=O)[nH]c(N3CCCCC[C@H]3Cc3ccccc3Cl)n2)CCO1. The maximum absolute atomic E-state index is 12.5. The number of morpholine rings is 1. The smallest absolute Gasteiger partial charge is 0.254 e. The van der Waals surface area contributed by atoms with Gasteiger partial charge in [-0.2, -0.15) is 4.98 Å². The predicted molar refractivity (Wildman–Crippen MR) is 117 cm³/mol. The van der Waals surface area contributed by atoms with Gasteiger partial charge < -0.3 is 14.5 Å². The van der Waals surface area contributed by atoms with E-state index in [0.717, 1.165) is 55.3 Å². The van der Waals surface area contributed by atoms with Gasteiger partial charge in [0.05, 0.1) is 12.7 Å². The summed E-state index contributed by atoms with van der Waals surface area (Å²) in [6.45, 7) is 5.10. The molecule has 0 aliphatic carbocycles. The van der Waals surface area contributed by atoms with Gasteiger partial charge in [0.15, 0.2) is 0 Å². The second-order valence-corrected chi connectivity index (χ2v) is 8.45. The Morgan fingerprint density at radius 3 is 2.93 bits per heavy atom. The molecule has 156 valence electrons. The van der Waals surface area contributed by atoms with Gasteiger partial charge in [0, 0.05) is 36.8 Å². The number of nitrogens with zero attached hydrogens (tertiary/aromatic N) is 3. The Balaban J connectivity index is 1.63. The molecule has 1 aromatic heterocycles. The Morgan fingerprint density at radius 1 is 1.24 bits per heavy atom. The van der Waals surface area contributed by atoms with Gasteiger partial charge in [-0.1, -0.05) is 42.6 Å². The predicted octanol–water partition coefficient (Wildman–Crippen LogP) is 3.64. The second kappa shape index (κ2) is 9.18. The van der Waals surface area contributed by atoms with E-state index < -0.39 is 0 Å². The second-order valence-electron chi connectivity index (χ2n) is 8.05. The first-order chi connectivity index (χ1) is 14.1. The van der Waals surface area contributed by atoms with E-state index in [1.54, 1.807) is 6.07 Å². The molecule has 2 atom stereocenters. The maximum Gasteiger partial charge on any atom is 0.254 e. The van der Waals surface area contributed by atoms with Crippen LogP contribution in [-0.2, 0) is 11.2 Å². The average Bonchev–Trinajstić information content (AvgIpc) is 2.95. The van der Waals surface area contributed by atoms with Crippen LogP contribution < -0.4 is 15.4 Å². The molecule has 0 saturated carbocycles. The molecule has 0 radical (unpaired) electrons. The van der Waals surface area contributed by atoms with Crippen molar-refractivity contribution >= 4 is 23.4 Å². The van der Waals surface area contributed by atoms with Crippen LogP contribution in [0.4, 0.5) is 11.8 Å². The van der Waals surface area contributed by atoms with Gasteiger partial charge >= 0.3 is 0 Å². The Bertz CT molecular complexity index is 887. The van der Waals surface area contributed by atoms with Crippen molar-refractivity contribution in [2.24, 2.45) is 0 Å². The fourth-order valence-electron chi connectivity index (χ4n) is 4.34. The summed E-state index contributed by atoms with van der Waals surface area (Å²) in [4.78, 5) is 24.8. The number of H-pyrrole nitrogens is 1. The number of halogens is 1. The van der Waals surface area contributed by atoms with E-state index in [9.17, 15) is 4.79 Å². The number of aromatic amines is 1. The van der Waals surface area contributed by atoms with Crippen molar-refractivity contribution in [1.29, 1.82) is 0 Å². The lowest BCUT2D eigenvalue weighted by atomic mass is 10.0. The number of rotatable bonds is 4. The molecule has 0 amide bonds. The Morgan fingerprint density at radius 2 is 2.10 bits per heavy atom. The summed E-state index contributed by atoms with van der Waals surface area (Å²) in [6, 6.07) is 9.89. The molecule has 3 heterocycles.